The van der Waals surface area contributed by atoms with Crippen molar-refractivity contribution in [2.24, 2.45) is 0 Å². The van der Waals surface area contributed by atoms with Gasteiger partial charge in [0.1, 0.15) is 0 Å². The van der Waals surface area contributed by atoms with Gasteiger partial charge in [-0.25, -0.2) is 0 Å². The Hall–Kier alpha value is 0.0187. The molecule has 1 heteroatoms. The second-order valence-electron chi connectivity index (χ2n) is 4.73. The van der Waals surface area contributed by atoms with Crippen molar-refractivity contribution in [1.29, 1.82) is 0 Å². The van der Waals surface area contributed by atoms with E-state index < -0.39 is 18.4 Å². The first kappa shape index (κ1) is 10.1. The first-order valence-corrected chi connectivity index (χ1v) is 15.1. The summed E-state index contributed by atoms with van der Waals surface area (Å²) < 4.78 is 1.37. The van der Waals surface area contributed by atoms with Crippen LogP contribution in [0.15, 0.2) is 24.3 Å². The molecule has 0 heterocycles. The number of aryl methyl sites for hydroxylation is 1. The van der Waals surface area contributed by atoms with Crippen LogP contribution in [-0.2, 0) is 4.44 Å². The fraction of sp³-hybridized carbons (Fsp3) is 0.455. The molecular formula is C11H18Sn. The monoisotopic (exact) mass is 270 g/mol. The molecule has 0 saturated heterocycles. The van der Waals surface area contributed by atoms with E-state index in [1.54, 1.807) is 5.56 Å². The zero-order valence-electron chi connectivity index (χ0n) is 8.52. The standard InChI is InChI=1S/C8H9.3CH3.Sn/c1-7-4-3-5-8(2)6-7;;;;/h3-6H,1H2,2H3;3*1H3;. The van der Waals surface area contributed by atoms with E-state index in [9.17, 15) is 0 Å². The van der Waals surface area contributed by atoms with Crippen LogP contribution >= 0.6 is 0 Å². The van der Waals surface area contributed by atoms with Crippen LogP contribution in [0.3, 0.4) is 0 Å². The Labute approximate surface area is 79.9 Å². The summed E-state index contributed by atoms with van der Waals surface area (Å²) in [5.74, 6) is 0. The molecule has 0 nitrogen and oxygen atoms in total. The van der Waals surface area contributed by atoms with E-state index >= 15 is 0 Å². The van der Waals surface area contributed by atoms with Crippen LogP contribution < -0.4 is 0 Å². The second kappa shape index (κ2) is 3.82. The van der Waals surface area contributed by atoms with Crippen molar-refractivity contribution in [2.75, 3.05) is 0 Å². The van der Waals surface area contributed by atoms with Crippen LogP contribution in [0, 0.1) is 6.92 Å². The summed E-state index contributed by atoms with van der Waals surface area (Å²) in [7, 11) is 0. The third kappa shape index (κ3) is 3.61. The number of rotatable bonds is 2. The van der Waals surface area contributed by atoms with Crippen LogP contribution in [0.2, 0.25) is 14.8 Å². The van der Waals surface area contributed by atoms with E-state index in [0.717, 1.165) is 0 Å². The molecule has 0 aromatic heterocycles. The van der Waals surface area contributed by atoms with Gasteiger partial charge in [0.25, 0.3) is 0 Å². The third-order valence-corrected chi connectivity index (χ3v) is 6.01. The Morgan fingerprint density at radius 2 is 1.83 bits per heavy atom. The minimum atomic E-state index is -1.60. The summed E-state index contributed by atoms with van der Waals surface area (Å²) in [5, 5.41) is 0. The van der Waals surface area contributed by atoms with E-state index in [-0.39, 0.29) is 0 Å². The molecular weight excluding hydrogens is 251 g/mol. The van der Waals surface area contributed by atoms with Crippen molar-refractivity contribution >= 4 is 18.4 Å². The van der Waals surface area contributed by atoms with Crippen molar-refractivity contribution < 1.29 is 0 Å². The van der Waals surface area contributed by atoms with Gasteiger partial charge in [-0.2, -0.15) is 0 Å². The molecule has 0 fully saturated rings. The molecule has 1 rings (SSSR count). The van der Waals surface area contributed by atoms with Gasteiger partial charge in [0, 0.05) is 0 Å². The summed E-state index contributed by atoms with van der Waals surface area (Å²) in [6, 6.07) is 8.92. The number of benzene rings is 1. The van der Waals surface area contributed by atoms with Crippen molar-refractivity contribution in [3.63, 3.8) is 0 Å². The zero-order valence-corrected chi connectivity index (χ0v) is 11.4. The first-order valence-electron chi connectivity index (χ1n) is 4.53. The third-order valence-electron chi connectivity index (χ3n) is 1.82. The molecule has 0 aliphatic heterocycles. The summed E-state index contributed by atoms with van der Waals surface area (Å²) >= 11 is -1.60. The molecule has 0 N–H and O–H groups in total. The maximum atomic E-state index is 2.48. The van der Waals surface area contributed by atoms with E-state index in [4.69, 9.17) is 0 Å². The van der Waals surface area contributed by atoms with Crippen molar-refractivity contribution in [3.05, 3.63) is 35.4 Å². The van der Waals surface area contributed by atoms with Crippen molar-refractivity contribution in [2.45, 2.75) is 26.2 Å². The Bertz CT molecular complexity index is 258. The Morgan fingerprint density at radius 1 is 1.17 bits per heavy atom. The summed E-state index contributed by atoms with van der Waals surface area (Å²) in [5.41, 5.74) is 2.93. The maximum absolute atomic E-state index is 2.48. The molecule has 0 radical (unpaired) electrons. The van der Waals surface area contributed by atoms with Gasteiger partial charge in [-0.05, 0) is 0 Å². The van der Waals surface area contributed by atoms with Gasteiger partial charge in [-0.1, -0.05) is 0 Å². The van der Waals surface area contributed by atoms with Gasteiger partial charge in [-0.3, -0.25) is 0 Å². The van der Waals surface area contributed by atoms with Gasteiger partial charge >= 0.3 is 79.9 Å². The van der Waals surface area contributed by atoms with Gasteiger partial charge < -0.3 is 0 Å². The SMILES string of the molecule is Cc1cccc([CH2][Sn]([CH3])([CH3])[CH3])c1. The molecule has 0 bridgehead atoms. The molecule has 0 saturated carbocycles. The van der Waals surface area contributed by atoms with Gasteiger partial charge in [0.2, 0.25) is 0 Å². The second-order valence-corrected chi connectivity index (χ2v) is 20.4. The van der Waals surface area contributed by atoms with Crippen LogP contribution in [0.25, 0.3) is 0 Å². The quantitative estimate of drug-likeness (QED) is 0.721. The van der Waals surface area contributed by atoms with E-state index in [1.807, 2.05) is 0 Å². The van der Waals surface area contributed by atoms with Crippen LogP contribution in [0.4, 0.5) is 0 Å². The zero-order chi connectivity index (χ0) is 9.19. The van der Waals surface area contributed by atoms with Crippen molar-refractivity contribution in [3.8, 4) is 0 Å². The number of hydrogen-bond donors (Lipinski definition) is 0. The van der Waals surface area contributed by atoms with Crippen molar-refractivity contribution in [1.82, 2.24) is 0 Å². The minimum absolute atomic E-state index is 1.37. The first-order chi connectivity index (χ1) is 5.47. The van der Waals surface area contributed by atoms with E-state index in [0.29, 0.717) is 0 Å². The predicted molar refractivity (Wildman–Crippen MR) is 58.2 cm³/mol. The topological polar surface area (TPSA) is 0 Å². The average molecular weight is 269 g/mol. The molecule has 0 spiro atoms. The van der Waals surface area contributed by atoms with Crippen LogP contribution in [-0.4, -0.2) is 18.4 Å². The molecule has 1 aromatic rings. The summed E-state index contributed by atoms with van der Waals surface area (Å²) in [4.78, 5) is 7.45. The summed E-state index contributed by atoms with van der Waals surface area (Å²) in [6.07, 6.45) is 0. The predicted octanol–water partition coefficient (Wildman–Crippen LogP) is 3.41. The molecule has 0 aliphatic rings. The normalized spacial score (nSPS) is 11.7. The Morgan fingerprint density at radius 3 is 2.33 bits per heavy atom. The Balaban J connectivity index is 2.77. The van der Waals surface area contributed by atoms with Gasteiger partial charge in [-0.15, -0.1) is 0 Å². The van der Waals surface area contributed by atoms with Crippen LogP contribution in [0.5, 0.6) is 0 Å². The summed E-state index contributed by atoms with van der Waals surface area (Å²) in [6.45, 7) is 2.17. The molecule has 0 unspecified atom stereocenters. The van der Waals surface area contributed by atoms with Gasteiger partial charge in [0.05, 0.1) is 0 Å². The molecule has 0 amide bonds. The van der Waals surface area contributed by atoms with E-state index in [1.165, 1.54) is 10.0 Å². The molecule has 66 valence electrons. The van der Waals surface area contributed by atoms with Crippen LogP contribution in [0.1, 0.15) is 11.1 Å². The fourth-order valence-electron chi connectivity index (χ4n) is 1.43. The van der Waals surface area contributed by atoms with E-state index in [2.05, 4.69) is 46.0 Å². The number of hydrogen-bond acceptors (Lipinski definition) is 0. The molecule has 0 atom stereocenters. The molecule has 1 aromatic carbocycles. The molecule has 0 aliphatic carbocycles. The fourth-order valence-corrected chi connectivity index (χ4v) is 5.56. The Kier molecular flexibility index (Phi) is 3.21. The molecule has 12 heavy (non-hydrogen) atoms. The van der Waals surface area contributed by atoms with Gasteiger partial charge in [0.15, 0.2) is 0 Å². The average Bonchev–Trinajstić information content (AvgIpc) is 1.82.